The molecule has 0 spiro atoms. The fourth-order valence-electron chi connectivity index (χ4n) is 1.04. The monoisotopic (exact) mass is 390 g/mol. The molecule has 0 aromatic heterocycles. The molecule has 1 rings (SSSR count). The minimum Gasteiger partial charge on any atom is -0.385 e. The van der Waals surface area contributed by atoms with Crippen LogP contribution in [0, 0.1) is 0 Å². The number of aliphatic hydroxyl groups excluding tert-OH is 1. The number of hydrogen-bond donors (Lipinski definition) is 1. The van der Waals surface area contributed by atoms with Gasteiger partial charge in [-0.2, -0.15) is 0 Å². The zero-order valence-electron chi connectivity index (χ0n) is 8.19. The molecule has 16 heavy (non-hydrogen) atoms. The van der Waals surface area contributed by atoms with Crippen molar-refractivity contribution < 1.29 is 13.5 Å². The first kappa shape index (κ1) is 14.4. The van der Waals surface area contributed by atoms with Crippen molar-refractivity contribution in [3.05, 3.63) is 34.9 Å². The standard InChI is InChI=1S/C9H9Br2ClO3S/c1-16(14,15)9(10,11)8(13)6-2-4-7(12)5-3-6/h2-5,8,13H,1H3. The highest BCUT2D eigenvalue weighted by Gasteiger charge is 2.43. The summed E-state index contributed by atoms with van der Waals surface area (Å²) in [5.74, 6) is 0. The first-order valence-electron chi connectivity index (χ1n) is 4.17. The molecule has 0 heterocycles. The minimum atomic E-state index is -3.51. The maximum atomic E-state index is 11.5. The zero-order chi connectivity index (χ0) is 12.6. The van der Waals surface area contributed by atoms with Gasteiger partial charge in [0.05, 0.1) is 0 Å². The van der Waals surface area contributed by atoms with Gasteiger partial charge in [-0.1, -0.05) is 55.6 Å². The average Bonchev–Trinajstić information content (AvgIpc) is 2.16. The molecular formula is C9H9Br2ClO3S. The molecule has 7 heteroatoms. The van der Waals surface area contributed by atoms with Gasteiger partial charge in [0, 0.05) is 11.3 Å². The van der Waals surface area contributed by atoms with Crippen LogP contribution in [0.25, 0.3) is 0 Å². The Morgan fingerprint density at radius 3 is 2.12 bits per heavy atom. The maximum absolute atomic E-state index is 11.5. The molecule has 0 saturated heterocycles. The SMILES string of the molecule is CS(=O)(=O)C(Br)(Br)C(O)c1ccc(Cl)cc1. The summed E-state index contributed by atoms with van der Waals surface area (Å²) in [7, 11) is -3.51. The molecular weight excluding hydrogens is 383 g/mol. The third-order valence-corrected chi connectivity index (χ3v) is 7.86. The van der Waals surface area contributed by atoms with Crippen molar-refractivity contribution in [2.24, 2.45) is 0 Å². The molecule has 0 aliphatic heterocycles. The fourth-order valence-corrected chi connectivity index (χ4v) is 2.24. The molecule has 1 aromatic carbocycles. The third kappa shape index (κ3) is 2.98. The van der Waals surface area contributed by atoms with Gasteiger partial charge in [0.15, 0.2) is 9.84 Å². The van der Waals surface area contributed by atoms with Crippen molar-refractivity contribution in [1.29, 1.82) is 0 Å². The van der Waals surface area contributed by atoms with Gasteiger partial charge in [-0.15, -0.1) is 0 Å². The Hall–Kier alpha value is 0.380. The Balaban J connectivity index is 3.12. The maximum Gasteiger partial charge on any atom is 0.210 e. The van der Waals surface area contributed by atoms with Crippen LogP contribution in [-0.4, -0.2) is 22.3 Å². The molecule has 0 amide bonds. The molecule has 0 radical (unpaired) electrons. The molecule has 0 aliphatic carbocycles. The van der Waals surface area contributed by atoms with Crippen molar-refractivity contribution in [2.45, 2.75) is 8.67 Å². The number of sulfone groups is 1. The summed E-state index contributed by atoms with van der Waals surface area (Å²) in [6.07, 6.45) is -0.213. The summed E-state index contributed by atoms with van der Waals surface area (Å²) < 4.78 is 21.3. The summed E-state index contributed by atoms with van der Waals surface area (Å²) in [4.78, 5) is 0. The van der Waals surface area contributed by atoms with E-state index in [4.69, 9.17) is 11.6 Å². The molecule has 3 nitrogen and oxygen atoms in total. The lowest BCUT2D eigenvalue weighted by molar-refractivity contribution is 0.189. The first-order valence-corrected chi connectivity index (χ1v) is 8.02. The smallest absolute Gasteiger partial charge is 0.210 e. The minimum absolute atomic E-state index is 0.448. The summed E-state index contributed by atoms with van der Waals surface area (Å²) in [6.45, 7) is 0. The van der Waals surface area contributed by atoms with Crippen LogP contribution in [0.2, 0.25) is 5.02 Å². The van der Waals surface area contributed by atoms with Crippen LogP contribution >= 0.6 is 43.5 Å². The van der Waals surface area contributed by atoms with Crippen LogP contribution in [0.3, 0.4) is 0 Å². The lowest BCUT2D eigenvalue weighted by Gasteiger charge is -2.24. The van der Waals surface area contributed by atoms with Gasteiger partial charge >= 0.3 is 0 Å². The highest BCUT2D eigenvalue weighted by molar-refractivity contribution is 9.27. The van der Waals surface area contributed by atoms with Crippen LogP contribution < -0.4 is 0 Å². The van der Waals surface area contributed by atoms with Crippen LogP contribution in [0.4, 0.5) is 0 Å². The number of benzene rings is 1. The van der Waals surface area contributed by atoms with Crippen molar-refractivity contribution in [1.82, 2.24) is 0 Å². The predicted molar refractivity (Wildman–Crippen MR) is 71.8 cm³/mol. The van der Waals surface area contributed by atoms with Gasteiger partial charge in [0.25, 0.3) is 0 Å². The average molecular weight is 392 g/mol. The lowest BCUT2D eigenvalue weighted by atomic mass is 10.1. The van der Waals surface area contributed by atoms with E-state index in [1.165, 1.54) is 0 Å². The number of hydrogen-bond acceptors (Lipinski definition) is 3. The van der Waals surface area contributed by atoms with Gasteiger partial charge in [-0.25, -0.2) is 8.42 Å². The molecule has 1 unspecified atom stereocenters. The van der Waals surface area contributed by atoms with E-state index in [1.54, 1.807) is 24.3 Å². The van der Waals surface area contributed by atoms with Crippen LogP contribution in [0.15, 0.2) is 24.3 Å². The zero-order valence-corrected chi connectivity index (χ0v) is 12.9. The summed E-state index contributed by atoms with van der Waals surface area (Å²) in [6, 6.07) is 6.29. The molecule has 1 atom stereocenters. The molecule has 1 N–H and O–H groups in total. The molecule has 90 valence electrons. The third-order valence-electron chi connectivity index (χ3n) is 2.00. The van der Waals surface area contributed by atoms with E-state index >= 15 is 0 Å². The van der Waals surface area contributed by atoms with Crippen molar-refractivity contribution in [2.75, 3.05) is 6.26 Å². The predicted octanol–water partition coefficient (Wildman–Crippen LogP) is 2.86. The van der Waals surface area contributed by atoms with Gasteiger partial charge in [-0.3, -0.25) is 0 Å². The fraction of sp³-hybridized carbons (Fsp3) is 0.333. The van der Waals surface area contributed by atoms with Gasteiger partial charge < -0.3 is 5.11 Å². The van der Waals surface area contributed by atoms with Gasteiger partial charge in [-0.05, 0) is 17.7 Å². The summed E-state index contributed by atoms with van der Waals surface area (Å²) >= 11 is 11.6. The lowest BCUT2D eigenvalue weighted by Crippen LogP contribution is -2.31. The number of halogens is 3. The summed E-state index contributed by atoms with van der Waals surface area (Å²) in [5.41, 5.74) is 0.448. The Morgan fingerprint density at radius 2 is 1.75 bits per heavy atom. The van der Waals surface area contributed by atoms with Crippen LogP contribution in [-0.2, 0) is 9.84 Å². The highest BCUT2D eigenvalue weighted by atomic mass is 79.9. The quantitative estimate of drug-likeness (QED) is 0.805. The van der Waals surface area contributed by atoms with E-state index in [9.17, 15) is 13.5 Å². The largest absolute Gasteiger partial charge is 0.385 e. The van der Waals surface area contributed by atoms with Crippen molar-refractivity contribution in [3.8, 4) is 0 Å². The van der Waals surface area contributed by atoms with E-state index in [2.05, 4.69) is 31.9 Å². The molecule has 1 aromatic rings. The van der Waals surface area contributed by atoms with E-state index in [-0.39, 0.29) is 0 Å². The molecule has 0 bridgehead atoms. The Kier molecular flexibility index (Phi) is 4.46. The topological polar surface area (TPSA) is 54.4 Å². The molecule has 0 saturated carbocycles. The first-order chi connectivity index (χ1) is 7.16. The van der Waals surface area contributed by atoms with E-state index < -0.39 is 18.5 Å². The highest BCUT2D eigenvalue weighted by Crippen LogP contribution is 2.43. The normalized spacial score (nSPS) is 14.8. The Morgan fingerprint density at radius 1 is 1.31 bits per heavy atom. The van der Waals surface area contributed by atoms with Crippen molar-refractivity contribution in [3.63, 3.8) is 0 Å². The number of aliphatic hydroxyl groups is 1. The van der Waals surface area contributed by atoms with E-state index in [0.717, 1.165) is 6.26 Å². The van der Waals surface area contributed by atoms with Gasteiger partial charge in [0.2, 0.25) is 2.57 Å². The van der Waals surface area contributed by atoms with E-state index in [1.807, 2.05) is 0 Å². The van der Waals surface area contributed by atoms with E-state index in [0.29, 0.717) is 10.6 Å². The molecule has 0 aliphatic rings. The van der Waals surface area contributed by atoms with Crippen molar-refractivity contribution >= 4 is 53.3 Å². The van der Waals surface area contributed by atoms with Gasteiger partial charge in [0.1, 0.15) is 6.10 Å². The summed E-state index contributed by atoms with van der Waals surface area (Å²) in [5, 5.41) is 10.5. The second-order valence-electron chi connectivity index (χ2n) is 3.29. The number of rotatable bonds is 3. The Bertz CT molecular complexity index is 470. The van der Waals surface area contributed by atoms with Crippen LogP contribution in [0.1, 0.15) is 11.7 Å². The number of alkyl halides is 2. The molecule has 0 fully saturated rings. The Labute approximate surface area is 116 Å². The second-order valence-corrected chi connectivity index (χ2v) is 10.5. The second kappa shape index (κ2) is 4.94. The van der Waals surface area contributed by atoms with Crippen LogP contribution in [0.5, 0.6) is 0 Å².